The molecule has 0 saturated carbocycles. The second kappa shape index (κ2) is 7.81. The molecule has 0 amide bonds. The van der Waals surface area contributed by atoms with Gasteiger partial charge in [-0.1, -0.05) is 17.7 Å². The zero-order chi connectivity index (χ0) is 17.1. The average molecular weight is 360 g/mol. The van der Waals surface area contributed by atoms with E-state index in [1.165, 1.54) is 37.2 Å². The van der Waals surface area contributed by atoms with Gasteiger partial charge in [0.2, 0.25) is 0 Å². The maximum atomic E-state index is 6.14. The number of likely N-dealkylation sites (tertiary alicyclic amines) is 1. The number of piperazine rings is 1. The monoisotopic (exact) mass is 359 g/mol. The highest BCUT2D eigenvalue weighted by molar-refractivity contribution is 6.30. The Morgan fingerprint density at radius 3 is 2.72 bits per heavy atom. The third-order valence-electron chi connectivity index (χ3n) is 5.47. The molecule has 25 heavy (non-hydrogen) atoms. The Labute approximate surface area is 155 Å². The molecule has 2 aliphatic heterocycles. The molecule has 1 aromatic heterocycles. The number of rotatable bonds is 4. The van der Waals surface area contributed by atoms with Crippen LogP contribution in [0.15, 0.2) is 47.3 Å². The van der Waals surface area contributed by atoms with Gasteiger partial charge in [-0.15, -0.1) is 0 Å². The molecule has 0 unspecified atom stereocenters. The van der Waals surface area contributed by atoms with Crippen molar-refractivity contribution < 1.29 is 4.42 Å². The molecule has 134 valence electrons. The van der Waals surface area contributed by atoms with E-state index in [-0.39, 0.29) is 0 Å². The van der Waals surface area contributed by atoms with E-state index in [1.807, 2.05) is 18.4 Å². The van der Waals surface area contributed by atoms with E-state index in [2.05, 4.69) is 32.9 Å². The van der Waals surface area contributed by atoms with Gasteiger partial charge < -0.3 is 9.32 Å². The molecular weight excluding hydrogens is 334 g/mol. The third-order valence-corrected chi connectivity index (χ3v) is 5.71. The maximum absolute atomic E-state index is 6.14. The summed E-state index contributed by atoms with van der Waals surface area (Å²) >= 11 is 6.14. The lowest BCUT2D eigenvalue weighted by molar-refractivity contribution is 0.0887. The molecule has 1 atom stereocenters. The molecule has 0 bridgehead atoms. The molecule has 5 heteroatoms. The van der Waals surface area contributed by atoms with Crippen LogP contribution in [0.5, 0.6) is 0 Å². The minimum atomic E-state index is 0.683. The summed E-state index contributed by atoms with van der Waals surface area (Å²) in [7, 11) is 0. The van der Waals surface area contributed by atoms with Crippen LogP contribution in [-0.4, -0.2) is 55.1 Å². The Kier molecular flexibility index (Phi) is 5.30. The molecule has 3 heterocycles. The van der Waals surface area contributed by atoms with E-state index in [1.54, 1.807) is 6.26 Å². The van der Waals surface area contributed by atoms with Gasteiger partial charge in [0, 0.05) is 61.6 Å². The number of furan rings is 1. The molecule has 4 rings (SSSR count). The lowest BCUT2D eigenvalue weighted by Gasteiger charge is -2.44. The lowest BCUT2D eigenvalue weighted by atomic mass is 10.0. The summed E-state index contributed by atoms with van der Waals surface area (Å²) in [5.41, 5.74) is 2.53. The van der Waals surface area contributed by atoms with E-state index in [0.29, 0.717) is 6.04 Å². The Morgan fingerprint density at radius 1 is 1.08 bits per heavy atom. The molecule has 2 aromatic rings. The van der Waals surface area contributed by atoms with Crippen LogP contribution < -0.4 is 4.90 Å². The fourth-order valence-electron chi connectivity index (χ4n) is 4.13. The van der Waals surface area contributed by atoms with Gasteiger partial charge in [-0.25, -0.2) is 0 Å². The highest BCUT2D eigenvalue weighted by Gasteiger charge is 2.28. The van der Waals surface area contributed by atoms with E-state index < -0.39 is 0 Å². The zero-order valence-corrected chi connectivity index (χ0v) is 15.4. The van der Waals surface area contributed by atoms with Crippen LogP contribution in [0.4, 0.5) is 5.69 Å². The van der Waals surface area contributed by atoms with Crippen molar-refractivity contribution in [2.24, 2.45) is 0 Å². The summed E-state index contributed by atoms with van der Waals surface area (Å²) in [6.45, 7) is 7.81. The second-order valence-electron chi connectivity index (χ2n) is 7.17. The number of nitrogens with zero attached hydrogens (tertiary/aromatic N) is 3. The quantitative estimate of drug-likeness (QED) is 0.829. The van der Waals surface area contributed by atoms with Gasteiger partial charge in [0.1, 0.15) is 0 Å². The number of halogens is 1. The SMILES string of the molecule is Clc1cccc(N2CCN([C@H]3CCCN(Cc4ccoc4)C3)CC2)c1. The first-order chi connectivity index (χ1) is 12.3. The fraction of sp³-hybridized carbons (Fsp3) is 0.500. The molecule has 1 aromatic carbocycles. The zero-order valence-electron chi connectivity index (χ0n) is 14.6. The topological polar surface area (TPSA) is 22.9 Å². The summed E-state index contributed by atoms with van der Waals surface area (Å²) < 4.78 is 5.21. The summed E-state index contributed by atoms with van der Waals surface area (Å²) in [6, 6.07) is 11.0. The van der Waals surface area contributed by atoms with Crippen molar-refractivity contribution in [2.75, 3.05) is 44.2 Å². The Morgan fingerprint density at radius 2 is 1.96 bits per heavy atom. The number of anilines is 1. The number of piperidine rings is 1. The van der Waals surface area contributed by atoms with Crippen molar-refractivity contribution in [1.29, 1.82) is 0 Å². The molecule has 2 fully saturated rings. The van der Waals surface area contributed by atoms with Crippen molar-refractivity contribution in [1.82, 2.24) is 9.80 Å². The molecule has 2 saturated heterocycles. The van der Waals surface area contributed by atoms with Gasteiger partial charge in [0.05, 0.1) is 12.5 Å². The van der Waals surface area contributed by atoms with E-state index in [0.717, 1.165) is 37.7 Å². The van der Waals surface area contributed by atoms with Crippen LogP contribution in [0, 0.1) is 0 Å². The highest BCUT2D eigenvalue weighted by atomic mass is 35.5. The Balaban J connectivity index is 1.31. The summed E-state index contributed by atoms with van der Waals surface area (Å²) in [5.74, 6) is 0. The van der Waals surface area contributed by atoms with Gasteiger partial charge in [-0.05, 0) is 43.7 Å². The van der Waals surface area contributed by atoms with Gasteiger partial charge in [-0.2, -0.15) is 0 Å². The predicted molar refractivity (Wildman–Crippen MR) is 102 cm³/mol. The first-order valence-electron chi connectivity index (χ1n) is 9.26. The first kappa shape index (κ1) is 17.0. The van der Waals surface area contributed by atoms with Crippen LogP contribution >= 0.6 is 11.6 Å². The first-order valence-corrected chi connectivity index (χ1v) is 9.64. The van der Waals surface area contributed by atoms with Crippen molar-refractivity contribution in [3.05, 3.63) is 53.4 Å². The van der Waals surface area contributed by atoms with Crippen LogP contribution in [0.2, 0.25) is 5.02 Å². The van der Waals surface area contributed by atoms with Crippen LogP contribution in [-0.2, 0) is 6.54 Å². The average Bonchev–Trinajstić information content (AvgIpc) is 3.15. The smallest absolute Gasteiger partial charge is 0.0947 e. The second-order valence-corrected chi connectivity index (χ2v) is 7.60. The van der Waals surface area contributed by atoms with E-state index in [9.17, 15) is 0 Å². The lowest BCUT2D eigenvalue weighted by Crippen LogP contribution is -2.55. The molecule has 0 N–H and O–H groups in total. The van der Waals surface area contributed by atoms with E-state index >= 15 is 0 Å². The third kappa shape index (κ3) is 4.20. The summed E-state index contributed by atoms with van der Waals surface area (Å²) in [5, 5.41) is 0.821. The van der Waals surface area contributed by atoms with Gasteiger partial charge in [0.15, 0.2) is 0 Å². The summed E-state index contributed by atoms with van der Waals surface area (Å²) in [4.78, 5) is 7.71. The van der Waals surface area contributed by atoms with Crippen LogP contribution in [0.1, 0.15) is 18.4 Å². The van der Waals surface area contributed by atoms with Crippen molar-refractivity contribution in [3.8, 4) is 0 Å². The Hall–Kier alpha value is -1.49. The predicted octanol–water partition coefficient (Wildman–Crippen LogP) is 3.72. The van der Waals surface area contributed by atoms with E-state index in [4.69, 9.17) is 16.0 Å². The molecule has 4 nitrogen and oxygen atoms in total. The molecule has 0 spiro atoms. The minimum absolute atomic E-state index is 0.683. The molecule has 0 aliphatic carbocycles. The van der Waals surface area contributed by atoms with Crippen molar-refractivity contribution in [3.63, 3.8) is 0 Å². The van der Waals surface area contributed by atoms with Gasteiger partial charge >= 0.3 is 0 Å². The summed E-state index contributed by atoms with van der Waals surface area (Å²) in [6.07, 6.45) is 6.25. The van der Waals surface area contributed by atoms with Gasteiger partial charge in [-0.3, -0.25) is 9.80 Å². The fourth-order valence-corrected chi connectivity index (χ4v) is 4.32. The molecular formula is C20H26ClN3O. The number of hydrogen-bond donors (Lipinski definition) is 0. The maximum Gasteiger partial charge on any atom is 0.0947 e. The highest BCUT2D eigenvalue weighted by Crippen LogP contribution is 2.23. The normalized spacial score (nSPS) is 23.1. The van der Waals surface area contributed by atoms with Crippen molar-refractivity contribution >= 4 is 17.3 Å². The van der Waals surface area contributed by atoms with Crippen LogP contribution in [0.3, 0.4) is 0 Å². The van der Waals surface area contributed by atoms with Gasteiger partial charge in [0.25, 0.3) is 0 Å². The van der Waals surface area contributed by atoms with Crippen LogP contribution in [0.25, 0.3) is 0 Å². The Bertz CT molecular complexity index is 667. The standard InChI is InChI=1S/C20H26ClN3O/c21-18-3-1-4-19(13-18)23-8-10-24(11-9-23)20-5-2-7-22(15-20)14-17-6-12-25-16-17/h1,3-4,6,12-13,16,20H,2,5,7-11,14-15H2/t20-/m0/s1. The minimum Gasteiger partial charge on any atom is -0.472 e. The number of hydrogen-bond acceptors (Lipinski definition) is 4. The van der Waals surface area contributed by atoms with Crippen molar-refractivity contribution in [2.45, 2.75) is 25.4 Å². The molecule has 0 radical (unpaired) electrons. The number of benzene rings is 1. The molecule has 2 aliphatic rings. The largest absolute Gasteiger partial charge is 0.472 e.